The van der Waals surface area contributed by atoms with Crippen LogP contribution in [0.1, 0.15) is 168 Å². The average molecular weight is 509 g/mol. The smallest absolute Gasteiger partial charge is 0.306 e. The Morgan fingerprint density at radius 2 is 0.667 bits per heavy atom. The summed E-state index contributed by atoms with van der Waals surface area (Å²) in [5, 5.41) is 0. The number of rotatable bonds is 28. The van der Waals surface area contributed by atoms with Crippen LogP contribution in [0.3, 0.4) is 0 Å². The summed E-state index contributed by atoms with van der Waals surface area (Å²) in [6.45, 7) is 5.03. The van der Waals surface area contributed by atoms with E-state index in [1.165, 1.54) is 116 Å². The van der Waals surface area contributed by atoms with Crippen molar-refractivity contribution in [2.45, 2.75) is 168 Å². The van der Waals surface area contributed by atoms with Crippen LogP contribution in [0.25, 0.3) is 0 Å². The fraction of sp³-hybridized carbons (Fsp3) is 0.875. The van der Waals surface area contributed by atoms with Crippen molar-refractivity contribution in [3.05, 3.63) is 12.2 Å². The van der Waals surface area contributed by atoms with E-state index in [1.54, 1.807) is 12.2 Å². The van der Waals surface area contributed by atoms with Crippen molar-refractivity contribution >= 4 is 11.9 Å². The lowest BCUT2D eigenvalue weighted by Crippen LogP contribution is -2.05. The van der Waals surface area contributed by atoms with Gasteiger partial charge in [-0.2, -0.15) is 0 Å². The zero-order chi connectivity index (χ0) is 26.4. The molecule has 0 aromatic rings. The van der Waals surface area contributed by atoms with E-state index in [2.05, 4.69) is 13.8 Å². The van der Waals surface area contributed by atoms with Gasteiger partial charge in [0.15, 0.2) is 0 Å². The molecule has 4 heteroatoms. The number of ether oxygens (including phenoxy) is 2. The van der Waals surface area contributed by atoms with E-state index < -0.39 is 0 Å². The van der Waals surface area contributed by atoms with Gasteiger partial charge in [-0.05, 0) is 25.0 Å². The Labute approximate surface area is 224 Å². The van der Waals surface area contributed by atoms with E-state index in [0.29, 0.717) is 12.8 Å². The van der Waals surface area contributed by atoms with Crippen LogP contribution >= 0.6 is 0 Å². The molecule has 0 aliphatic rings. The van der Waals surface area contributed by atoms with Crippen LogP contribution in [0.2, 0.25) is 0 Å². The number of hydrogen-bond donors (Lipinski definition) is 0. The van der Waals surface area contributed by atoms with Crippen LogP contribution in [0.4, 0.5) is 0 Å². The molecule has 212 valence electrons. The highest BCUT2D eigenvalue weighted by Gasteiger charge is 2.03. The van der Waals surface area contributed by atoms with Gasteiger partial charge in [-0.25, -0.2) is 0 Å². The van der Waals surface area contributed by atoms with E-state index in [4.69, 9.17) is 9.47 Å². The van der Waals surface area contributed by atoms with Crippen molar-refractivity contribution in [1.82, 2.24) is 0 Å². The van der Waals surface area contributed by atoms with Gasteiger partial charge in [0, 0.05) is 12.8 Å². The van der Waals surface area contributed by atoms with Crippen molar-refractivity contribution in [3.8, 4) is 0 Å². The minimum Gasteiger partial charge on any atom is -0.461 e. The molecule has 0 saturated carbocycles. The quantitative estimate of drug-likeness (QED) is 0.0599. The molecule has 0 N–H and O–H groups in total. The van der Waals surface area contributed by atoms with E-state index in [-0.39, 0.29) is 25.2 Å². The lowest BCUT2D eigenvalue weighted by molar-refractivity contribution is -0.143. The molecule has 0 spiro atoms. The molecule has 0 fully saturated rings. The topological polar surface area (TPSA) is 52.6 Å². The van der Waals surface area contributed by atoms with E-state index in [9.17, 15) is 9.59 Å². The second-order valence-electron chi connectivity index (χ2n) is 10.4. The van der Waals surface area contributed by atoms with Crippen molar-refractivity contribution < 1.29 is 19.1 Å². The maximum Gasteiger partial charge on any atom is 0.306 e. The maximum absolute atomic E-state index is 11.8. The first-order valence-electron chi connectivity index (χ1n) is 15.7. The summed E-state index contributed by atoms with van der Waals surface area (Å²) in [6.07, 6.45) is 32.6. The first kappa shape index (κ1) is 34.7. The largest absolute Gasteiger partial charge is 0.461 e. The van der Waals surface area contributed by atoms with Crippen LogP contribution in [0, 0.1) is 0 Å². The Kier molecular flexibility index (Phi) is 28.8. The highest BCUT2D eigenvalue weighted by molar-refractivity contribution is 5.69. The number of unbranched alkanes of at least 4 members (excludes halogenated alkanes) is 20. The second-order valence-corrected chi connectivity index (χ2v) is 10.4. The number of esters is 2. The SMILES string of the molecule is CCCCCCCCCCCCCC(=O)OCC=CCOC(=O)CCCCCCCCCCCCC. The molecule has 0 aliphatic carbocycles. The predicted molar refractivity (Wildman–Crippen MR) is 153 cm³/mol. The van der Waals surface area contributed by atoms with Crippen molar-refractivity contribution in [3.63, 3.8) is 0 Å². The van der Waals surface area contributed by atoms with Gasteiger partial charge in [-0.15, -0.1) is 0 Å². The Bertz CT molecular complexity index is 456. The first-order valence-corrected chi connectivity index (χ1v) is 15.7. The minimum atomic E-state index is -0.135. The molecule has 0 bridgehead atoms. The standard InChI is InChI=1S/C32H60O4/c1-3-5-7-9-11-13-15-17-19-21-23-27-31(33)35-29-25-26-30-36-32(34)28-24-22-20-18-16-14-12-10-8-6-4-2/h25-26H,3-24,27-30H2,1-2H3. The van der Waals surface area contributed by atoms with Gasteiger partial charge >= 0.3 is 11.9 Å². The Morgan fingerprint density at radius 3 is 0.944 bits per heavy atom. The Morgan fingerprint density at radius 1 is 0.417 bits per heavy atom. The molecule has 0 saturated heterocycles. The Balaban J connectivity index is 3.35. The summed E-state index contributed by atoms with van der Waals surface area (Å²) in [5.74, 6) is -0.270. The van der Waals surface area contributed by atoms with Gasteiger partial charge in [0.2, 0.25) is 0 Å². The van der Waals surface area contributed by atoms with Crippen molar-refractivity contribution in [1.29, 1.82) is 0 Å². The Hall–Kier alpha value is -1.32. The maximum atomic E-state index is 11.8. The van der Waals surface area contributed by atoms with E-state index in [1.807, 2.05) is 0 Å². The highest BCUT2D eigenvalue weighted by atomic mass is 16.5. The van der Waals surface area contributed by atoms with Crippen molar-refractivity contribution in [2.24, 2.45) is 0 Å². The van der Waals surface area contributed by atoms with E-state index in [0.717, 1.165) is 25.7 Å². The molecule has 4 nitrogen and oxygen atoms in total. The molecule has 0 amide bonds. The molecule has 0 rings (SSSR count). The van der Waals surface area contributed by atoms with Crippen LogP contribution in [0.5, 0.6) is 0 Å². The van der Waals surface area contributed by atoms with Gasteiger partial charge in [-0.3, -0.25) is 9.59 Å². The van der Waals surface area contributed by atoms with Crippen LogP contribution < -0.4 is 0 Å². The molecule has 0 aromatic carbocycles. The third-order valence-corrected chi connectivity index (χ3v) is 6.82. The molecule has 0 atom stereocenters. The highest BCUT2D eigenvalue weighted by Crippen LogP contribution is 2.13. The average Bonchev–Trinajstić information content (AvgIpc) is 2.87. The minimum absolute atomic E-state index is 0.135. The summed E-state index contributed by atoms with van der Waals surface area (Å²) >= 11 is 0. The van der Waals surface area contributed by atoms with E-state index >= 15 is 0 Å². The fourth-order valence-corrected chi connectivity index (χ4v) is 4.43. The molecule has 0 unspecified atom stereocenters. The molecular formula is C32H60O4. The summed E-state index contributed by atoms with van der Waals surface area (Å²) < 4.78 is 10.4. The molecule has 0 aliphatic heterocycles. The molecule has 0 aromatic heterocycles. The van der Waals surface area contributed by atoms with Crippen LogP contribution in [-0.2, 0) is 19.1 Å². The summed E-state index contributed by atoms with van der Waals surface area (Å²) in [6, 6.07) is 0. The zero-order valence-electron chi connectivity index (χ0n) is 24.2. The first-order chi connectivity index (χ1) is 17.7. The monoisotopic (exact) mass is 508 g/mol. The third-order valence-electron chi connectivity index (χ3n) is 6.82. The van der Waals surface area contributed by atoms with Gasteiger partial charge < -0.3 is 9.47 Å². The van der Waals surface area contributed by atoms with Crippen molar-refractivity contribution in [2.75, 3.05) is 13.2 Å². The molecule has 36 heavy (non-hydrogen) atoms. The van der Waals surface area contributed by atoms with Gasteiger partial charge in [-0.1, -0.05) is 142 Å². The predicted octanol–water partition coefficient (Wildman–Crippen LogP) is 10.0. The lowest BCUT2D eigenvalue weighted by atomic mass is 10.1. The zero-order valence-corrected chi connectivity index (χ0v) is 24.2. The second kappa shape index (κ2) is 29.9. The van der Waals surface area contributed by atoms with Crippen LogP contribution in [0.15, 0.2) is 12.2 Å². The lowest BCUT2D eigenvalue weighted by Gasteiger charge is -2.04. The van der Waals surface area contributed by atoms with Gasteiger partial charge in [0.1, 0.15) is 13.2 Å². The number of carbonyl (C=O) groups excluding carboxylic acids is 2. The number of hydrogen-bond acceptors (Lipinski definition) is 4. The molecule has 0 heterocycles. The van der Waals surface area contributed by atoms with Crippen LogP contribution in [-0.4, -0.2) is 25.2 Å². The van der Waals surface area contributed by atoms with Gasteiger partial charge in [0.25, 0.3) is 0 Å². The normalized spacial score (nSPS) is 11.3. The van der Waals surface area contributed by atoms with Gasteiger partial charge in [0.05, 0.1) is 0 Å². The summed E-state index contributed by atoms with van der Waals surface area (Å²) in [5.41, 5.74) is 0. The fourth-order valence-electron chi connectivity index (χ4n) is 4.43. The molecule has 0 radical (unpaired) electrons. The third kappa shape index (κ3) is 28.9. The molecular weight excluding hydrogens is 448 g/mol. The summed E-state index contributed by atoms with van der Waals surface area (Å²) in [4.78, 5) is 23.6. The summed E-state index contributed by atoms with van der Waals surface area (Å²) in [7, 11) is 0. The number of carbonyl (C=O) groups is 2.